The molecule has 0 aliphatic rings. The molecule has 1 amide bonds. The molecule has 1 N–H and O–H groups in total. The summed E-state index contributed by atoms with van der Waals surface area (Å²) in [6.45, 7) is 1.91. The van der Waals surface area contributed by atoms with Crippen LogP contribution in [0.2, 0.25) is 5.02 Å². The van der Waals surface area contributed by atoms with E-state index in [1.807, 2.05) is 65.1 Å². The predicted octanol–water partition coefficient (Wildman–Crippen LogP) is 4.15. The number of halogens is 1. The van der Waals surface area contributed by atoms with Crippen molar-refractivity contribution in [3.05, 3.63) is 77.8 Å². The fraction of sp³-hybridized carbons (Fsp3) is 0.100. The summed E-state index contributed by atoms with van der Waals surface area (Å²) in [5.74, 6) is 0.695. The minimum atomic E-state index is -0.151. The largest absolute Gasteiger partial charge is 0.325 e. The molecule has 3 heterocycles. The fourth-order valence-corrected chi connectivity index (χ4v) is 3.62. The number of aromatic nitrogens is 5. The van der Waals surface area contributed by atoms with Crippen LogP contribution in [0.3, 0.4) is 0 Å². The van der Waals surface area contributed by atoms with E-state index in [-0.39, 0.29) is 11.7 Å². The number of hydrogen-bond acceptors (Lipinski definition) is 5. The van der Waals surface area contributed by atoms with E-state index in [9.17, 15) is 4.79 Å². The van der Waals surface area contributed by atoms with Crippen LogP contribution in [-0.2, 0) is 4.79 Å². The van der Waals surface area contributed by atoms with Crippen molar-refractivity contribution in [3.63, 3.8) is 0 Å². The molecule has 0 aliphatic heterocycles. The minimum Gasteiger partial charge on any atom is -0.325 e. The Hall–Kier alpha value is -3.10. The Morgan fingerprint density at radius 1 is 1.14 bits per heavy atom. The lowest BCUT2D eigenvalue weighted by Crippen LogP contribution is -2.16. The first-order chi connectivity index (χ1) is 14.1. The summed E-state index contributed by atoms with van der Waals surface area (Å²) in [6.07, 6.45) is 7.20. The number of anilines is 1. The Labute approximate surface area is 176 Å². The molecule has 1 aromatic carbocycles. The Morgan fingerprint density at radius 2 is 1.90 bits per heavy atom. The number of pyridine rings is 1. The van der Waals surface area contributed by atoms with Gasteiger partial charge in [0.25, 0.3) is 0 Å². The van der Waals surface area contributed by atoms with Crippen LogP contribution in [0, 0.1) is 6.92 Å². The van der Waals surface area contributed by atoms with E-state index in [1.54, 1.807) is 18.5 Å². The van der Waals surface area contributed by atoms with Gasteiger partial charge in [-0.15, -0.1) is 10.2 Å². The minimum absolute atomic E-state index is 0.151. The summed E-state index contributed by atoms with van der Waals surface area (Å²) >= 11 is 7.43. The van der Waals surface area contributed by atoms with Gasteiger partial charge in [0.05, 0.1) is 5.75 Å². The van der Waals surface area contributed by atoms with Crippen LogP contribution in [-0.4, -0.2) is 36.2 Å². The molecule has 0 aliphatic carbocycles. The first-order valence-electron chi connectivity index (χ1n) is 8.80. The molecular weight excluding hydrogens is 408 g/mol. The molecule has 0 radical (unpaired) electrons. The lowest BCUT2D eigenvalue weighted by Gasteiger charge is -2.11. The van der Waals surface area contributed by atoms with Gasteiger partial charge >= 0.3 is 0 Å². The van der Waals surface area contributed by atoms with Crippen molar-refractivity contribution in [1.29, 1.82) is 0 Å². The number of carbonyl (C=O) groups is 1. The molecule has 9 heteroatoms. The van der Waals surface area contributed by atoms with Gasteiger partial charge in [-0.05, 0) is 48.9 Å². The molecule has 7 nitrogen and oxygen atoms in total. The molecule has 146 valence electrons. The first-order valence-corrected chi connectivity index (χ1v) is 10.2. The van der Waals surface area contributed by atoms with Crippen molar-refractivity contribution in [2.45, 2.75) is 12.1 Å². The fourth-order valence-electron chi connectivity index (χ4n) is 2.70. The molecule has 0 saturated heterocycles. The molecule has 4 aromatic rings. The summed E-state index contributed by atoms with van der Waals surface area (Å²) in [4.78, 5) is 16.5. The van der Waals surface area contributed by atoms with Crippen LogP contribution in [0.1, 0.15) is 5.56 Å². The number of rotatable bonds is 6. The number of thioether (sulfide) groups is 1. The Morgan fingerprint density at radius 3 is 2.62 bits per heavy atom. The molecule has 29 heavy (non-hydrogen) atoms. The maximum absolute atomic E-state index is 12.4. The van der Waals surface area contributed by atoms with E-state index in [1.165, 1.54) is 11.8 Å². The van der Waals surface area contributed by atoms with Crippen LogP contribution in [0.4, 0.5) is 5.69 Å². The molecule has 0 unspecified atom stereocenters. The first kappa shape index (κ1) is 19.2. The van der Waals surface area contributed by atoms with Gasteiger partial charge in [-0.25, -0.2) is 4.68 Å². The van der Waals surface area contributed by atoms with Crippen LogP contribution < -0.4 is 5.32 Å². The highest BCUT2D eigenvalue weighted by molar-refractivity contribution is 7.99. The second-order valence-corrected chi connectivity index (χ2v) is 7.57. The van der Waals surface area contributed by atoms with Gasteiger partial charge < -0.3 is 5.32 Å². The second-order valence-electron chi connectivity index (χ2n) is 6.22. The molecule has 0 spiro atoms. The van der Waals surface area contributed by atoms with Gasteiger partial charge in [-0.1, -0.05) is 29.4 Å². The summed E-state index contributed by atoms with van der Waals surface area (Å²) in [5, 5.41) is 12.7. The van der Waals surface area contributed by atoms with E-state index < -0.39 is 0 Å². The van der Waals surface area contributed by atoms with E-state index >= 15 is 0 Å². The Bertz CT molecular complexity index is 1130. The van der Waals surface area contributed by atoms with E-state index in [2.05, 4.69) is 20.5 Å². The van der Waals surface area contributed by atoms with Gasteiger partial charge in [-0.3, -0.25) is 14.5 Å². The van der Waals surface area contributed by atoms with Crippen molar-refractivity contribution < 1.29 is 4.79 Å². The highest BCUT2D eigenvalue weighted by atomic mass is 35.5. The summed E-state index contributed by atoms with van der Waals surface area (Å²) in [5.41, 5.74) is 2.50. The van der Waals surface area contributed by atoms with Crippen LogP contribution in [0.5, 0.6) is 0 Å². The van der Waals surface area contributed by atoms with Gasteiger partial charge in [0, 0.05) is 41.1 Å². The third-order valence-corrected chi connectivity index (χ3v) is 5.48. The highest BCUT2D eigenvalue weighted by Gasteiger charge is 2.17. The van der Waals surface area contributed by atoms with E-state index in [0.29, 0.717) is 21.7 Å². The number of benzene rings is 1. The monoisotopic (exact) mass is 424 g/mol. The topological polar surface area (TPSA) is 77.6 Å². The van der Waals surface area contributed by atoms with Crippen molar-refractivity contribution >= 4 is 35.0 Å². The lowest BCUT2D eigenvalue weighted by molar-refractivity contribution is -0.113. The van der Waals surface area contributed by atoms with Crippen LogP contribution >= 0.6 is 23.4 Å². The van der Waals surface area contributed by atoms with E-state index in [0.717, 1.165) is 11.1 Å². The second kappa shape index (κ2) is 8.50. The molecule has 0 bridgehead atoms. The number of carbonyl (C=O) groups excluding carboxylic acids is 1. The number of nitrogens with one attached hydrogen (secondary N) is 1. The van der Waals surface area contributed by atoms with Gasteiger partial charge in [-0.2, -0.15) is 0 Å². The third kappa shape index (κ3) is 4.33. The van der Waals surface area contributed by atoms with Crippen LogP contribution in [0.25, 0.3) is 11.4 Å². The molecule has 0 saturated carbocycles. The Kier molecular flexibility index (Phi) is 5.64. The predicted molar refractivity (Wildman–Crippen MR) is 114 cm³/mol. The molecule has 3 aromatic heterocycles. The van der Waals surface area contributed by atoms with Crippen molar-refractivity contribution in [1.82, 2.24) is 24.5 Å². The van der Waals surface area contributed by atoms with Crippen molar-refractivity contribution in [2.24, 2.45) is 0 Å². The van der Waals surface area contributed by atoms with Gasteiger partial charge in [0.2, 0.25) is 11.1 Å². The van der Waals surface area contributed by atoms with E-state index in [4.69, 9.17) is 11.6 Å². The lowest BCUT2D eigenvalue weighted by atomic mass is 10.2. The zero-order chi connectivity index (χ0) is 20.2. The van der Waals surface area contributed by atoms with Crippen molar-refractivity contribution in [2.75, 3.05) is 11.1 Å². The molecule has 4 rings (SSSR count). The summed E-state index contributed by atoms with van der Waals surface area (Å²) < 4.78 is 3.73. The van der Waals surface area contributed by atoms with Gasteiger partial charge in [0.15, 0.2) is 5.82 Å². The molecular formula is C20H17ClN6OS. The summed E-state index contributed by atoms with van der Waals surface area (Å²) in [6, 6.07) is 13.0. The maximum Gasteiger partial charge on any atom is 0.234 e. The average Bonchev–Trinajstić information content (AvgIpc) is 3.39. The summed E-state index contributed by atoms with van der Waals surface area (Å²) in [7, 11) is 0. The third-order valence-electron chi connectivity index (χ3n) is 4.16. The van der Waals surface area contributed by atoms with Crippen LogP contribution in [0.15, 0.2) is 72.4 Å². The highest BCUT2D eigenvalue weighted by Crippen LogP contribution is 2.25. The smallest absolute Gasteiger partial charge is 0.234 e. The average molecular weight is 425 g/mol. The Balaban J connectivity index is 1.53. The number of amides is 1. The molecule has 0 atom stereocenters. The molecule has 0 fully saturated rings. The maximum atomic E-state index is 12.4. The zero-order valence-corrected chi connectivity index (χ0v) is 17.1. The number of hydrogen-bond donors (Lipinski definition) is 1. The SMILES string of the molecule is Cc1ccc(NC(=O)CSc2nnc(-c3ccncc3)n2-n2cccc2)cc1Cl. The zero-order valence-electron chi connectivity index (χ0n) is 15.5. The van der Waals surface area contributed by atoms with Crippen molar-refractivity contribution in [3.8, 4) is 11.4 Å². The normalized spacial score (nSPS) is 10.8. The number of aryl methyl sites for hydroxylation is 1. The van der Waals surface area contributed by atoms with Gasteiger partial charge in [0.1, 0.15) is 0 Å². The quantitative estimate of drug-likeness (QED) is 0.470. The standard InChI is InChI=1S/C20H17ClN6OS/c1-14-4-5-16(12-17(14)21)23-18(28)13-29-20-25-24-19(15-6-8-22-9-7-15)27(20)26-10-2-3-11-26/h2-12H,13H2,1H3,(H,23,28). The number of nitrogens with zero attached hydrogens (tertiary/aromatic N) is 5.